The van der Waals surface area contributed by atoms with Crippen molar-refractivity contribution in [2.45, 2.75) is 59.4 Å². The van der Waals surface area contributed by atoms with Gasteiger partial charge < -0.3 is 4.57 Å². The molecule has 2 aromatic carbocycles. The molecule has 3 aromatic rings. The molecule has 158 valence electrons. The number of carbonyl (C=O) groups is 1. The van der Waals surface area contributed by atoms with E-state index in [-0.39, 0.29) is 11.3 Å². The van der Waals surface area contributed by atoms with Crippen molar-refractivity contribution in [3.63, 3.8) is 0 Å². The lowest BCUT2D eigenvalue weighted by Gasteiger charge is -2.37. The Morgan fingerprint density at radius 1 is 1.10 bits per heavy atom. The van der Waals surface area contributed by atoms with Crippen molar-refractivity contribution in [2.24, 2.45) is 5.92 Å². The number of fused-ring (bicyclic) bond motifs is 1. The maximum Gasteiger partial charge on any atom is 0.178 e. The van der Waals surface area contributed by atoms with E-state index in [1.54, 1.807) is 0 Å². The van der Waals surface area contributed by atoms with Crippen molar-refractivity contribution >= 4 is 16.6 Å². The summed E-state index contributed by atoms with van der Waals surface area (Å²) in [4.78, 5) is 15.8. The number of Topliss-reactive ketones (excluding diaryl/α,β-unsaturated/α-hetero) is 1. The SMILES string of the molecule is Cc1cc(C(=O)CN2CCCC(C)CC2(C)C)c(C)n1-c1cccc2ccccc12. The number of hydrogen-bond donors (Lipinski definition) is 0. The van der Waals surface area contributed by atoms with Crippen molar-refractivity contribution in [1.29, 1.82) is 0 Å². The Morgan fingerprint density at radius 2 is 1.83 bits per heavy atom. The summed E-state index contributed by atoms with van der Waals surface area (Å²) in [5.74, 6) is 0.953. The largest absolute Gasteiger partial charge is 0.317 e. The van der Waals surface area contributed by atoms with Crippen molar-refractivity contribution in [1.82, 2.24) is 9.47 Å². The molecule has 0 bridgehead atoms. The van der Waals surface area contributed by atoms with Gasteiger partial charge in [0.05, 0.1) is 12.2 Å². The Hall–Kier alpha value is -2.39. The molecule has 0 radical (unpaired) electrons. The van der Waals surface area contributed by atoms with Gasteiger partial charge in [-0.15, -0.1) is 0 Å². The Bertz CT molecular complexity index is 1070. The smallest absolute Gasteiger partial charge is 0.178 e. The van der Waals surface area contributed by atoms with E-state index in [0.29, 0.717) is 6.54 Å². The van der Waals surface area contributed by atoms with Crippen molar-refractivity contribution in [2.75, 3.05) is 13.1 Å². The summed E-state index contributed by atoms with van der Waals surface area (Å²) in [5, 5.41) is 2.43. The second kappa shape index (κ2) is 8.03. The second-order valence-electron chi connectivity index (χ2n) is 9.73. The molecule has 1 saturated heterocycles. The molecule has 0 spiro atoms. The van der Waals surface area contributed by atoms with Crippen LogP contribution in [0.1, 0.15) is 61.8 Å². The summed E-state index contributed by atoms with van der Waals surface area (Å²) in [6.45, 7) is 12.6. The normalized spacial score (nSPS) is 19.7. The quantitative estimate of drug-likeness (QED) is 0.476. The van der Waals surface area contributed by atoms with Gasteiger partial charge in [-0.3, -0.25) is 9.69 Å². The molecule has 0 amide bonds. The van der Waals surface area contributed by atoms with Crippen LogP contribution in [0.25, 0.3) is 16.5 Å². The molecule has 0 aliphatic carbocycles. The molecular formula is C27H34N2O. The van der Waals surface area contributed by atoms with Gasteiger partial charge in [0.1, 0.15) is 0 Å². The molecule has 30 heavy (non-hydrogen) atoms. The number of aryl methyl sites for hydroxylation is 1. The number of hydrogen-bond acceptors (Lipinski definition) is 2. The minimum Gasteiger partial charge on any atom is -0.317 e. The molecule has 1 aliphatic heterocycles. The molecule has 1 atom stereocenters. The van der Waals surface area contributed by atoms with Crippen molar-refractivity contribution in [3.8, 4) is 5.69 Å². The lowest BCUT2D eigenvalue weighted by atomic mass is 9.90. The number of ketones is 1. The highest BCUT2D eigenvalue weighted by Crippen LogP contribution is 2.31. The fourth-order valence-electron chi connectivity index (χ4n) is 5.39. The van der Waals surface area contributed by atoms with E-state index in [9.17, 15) is 4.79 Å². The standard InChI is InChI=1S/C27H34N2O/c1-19-10-9-15-28(27(4,5)17-19)18-26(30)24-16-20(2)29(21(24)3)25-14-8-12-22-11-6-7-13-23(22)25/h6-8,11-14,16,19H,9-10,15,17-18H2,1-5H3. The van der Waals surface area contributed by atoms with Crippen LogP contribution in [0.5, 0.6) is 0 Å². The van der Waals surface area contributed by atoms with E-state index in [0.717, 1.165) is 41.5 Å². The zero-order chi connectivity index (χ0) is 21.5. The average molecular weight is 403 g/mol. The third kappa shape index (κ3) is 3.83. The van der Waals surface area contributed by atoms with Crippen molar-refractivity contribution < 1.29 is 4.79 Å². The van der Waals surface area contributed by atoms with E-state index >= 15 is 0 Å². The minimum atomic E-state index is 0.0622. The van der Waals surface area contributed by atoms with Crippen LogP contribution in [0.3, 0.4) is 0 Å². The third-order valence-electron chi connectivity index (χ3n) is 6.90. The molecule has 4 rings (SSSR count). The zero-order valence-electron chi connectivity index (χ0n) is 19.0. The average Bonchev–Trinajstić information content (AvgIpc) is 2.92. The van der Waals surface area contributed by atoms with Crippen molar-refractivity contribution in [3.05, 3.63) is 65.5 Å². The van der Waals surface area contributed by atoms with Crippen LogP contribution in [-0.2, 0) is 0 Å². The molecule has 1 fully saturated rings. The molecule has 1 unspecified atom stereocenters. The molecule has 0 saturated carbocycles. The van der Waals surface area contributed by atoms with E-state index in [4.69, 9.17) is 0 Å². The Kier molecular flexibility index (Phi) is 5.59. The predicted octanol–water partition coefficient (Wildman–Crippen LogP) is 6.33. The Balaban J connectivity index is 1.67. The summed E-state index contributed by atoms with van der Waals surface area (Å²) < 4.78 is 2.24. The lowest BCUT2D eigenvalue weighted by Crippen LogP contribution is -2.46. The first-order valence-electron chi connectivity index (χ1n) is 11.2. The molecular weight excluding hydrogens is 368 g/mol. The van der Waals surface area contributed by atoms with Gasteiger partial charge in [-0.1, -0.05) is 43.3 Å². The summed E-state index contributed by atoms with van der Waals surface area (Å²) in [6, 6.07) is 16.9. The van der Waals surface area contributed by atoms with Crippen LogP contribution in [0, 0.1) is 19.8 Å². The lowest BCUT2D eigenvalue weighted by molar-refractivity contribution is 0.0770. The first-order chi connectivity index (χ1) is 14.3. The van der Waals surface area contributed by atoms with Gasteiger partial charge >= 0.3 is 0 Å². The fourth-order valence-corrected chi connectivity index (χ4v) is 5.39. The van der Waals surface area contributed by atoms with E-state index in [1.807, 2.05) is 0 Å². The number of likely N-dealkylation sites (tertiary alicyclic amines) is 1. The van der Waals surface area contributed by atoms with Gasteiger partial charge in [0.2, 0.25) is 0 Å². The van der Waals surface area contributed by atoms with Crippen LogP contribution in [0.15, 0.2) is 48.5 Å². The highest BCUT2D eigenvalue weighted by molar-refractivity contribution is 5.99. The number of nitrogens with zero attached hydrogens (tertiary/aromatic N) is 2. The molecule has 0 N–H and O–H groups in total. The minimum absolute atomic E-state index is 0.0622. The molecule has 3 heteroatoms. The Morgan fingerprint density at radius 3 is 2.63 bits per heavy atom. The van der Waals surface area contributed by atoms with Gasteiger partial charge in [0.25, 0.3) is 0 Å². The fraction of sp³-hybridized carbons (Fsp3) is 0.444. The summed E-state index contributed by atoms with van der Waals surface area (Å²) in [7, 11) is 0. The van der Waals surface area contributed by atoms with Crippen LogP contribution < -0.4 is 0 Å². The number of aromatic nitrogens is 1. The maximum absolute atomic E-state index is 13.4. The first kappa shape index (κ1) is 20.9. The van der Waals surface area contributed by atoms with Gasteiger partial charge in [-0.2, -0.15) is 0 Å². The number of rotatable bonds is 4. The topological polar surface area (TPSA) is 25.2 Å². The number of carbonyl (C=O) groups excluding carboxylic acids is 1. The summed E-state index contributed by atoms with van der Waals surface area (Å²) >= 11 is 0. The first-order valence-corrected chi connectivity index (χ1v) is 11.2. The summed E-state index contributed by atoms with van der Waals surface area (Å²) in [5.41, 5.74) is 4.21. The zero-order valence-corrected chi connectivity index (χ0v) is 19.0. The van der Waals surface area contributed by atoms with Gasteiger partial charge in [0, 0.05) is 27.9 Å². The highest BCUT2D eigenvalue weighted by atomic mass is 16.1. The van der Waals surface area contributed by atoms with Gasteiger partial charge in [-0.25, -0.2) is 0 Å². The van der Waals surface area contributed by atoms with E-state index in [2.05, 4.69) is 92.6 Å². The molecule has 1 aliphatic rings. The van der Waals surface area contributed by atoms with Crippen LogP contribution in [-0.4, -0.2) is 33.9 Å². The highest BCUT2D eigenvalue weighted by Gasteiger charge is 2.33. The summed E-state index contributed by atoms with van der Waals surface area (Å²) in [6.07, 6.45) is 3.58. The molecule has 2 heterocycles. The third-order valence-corrected chi connectivity index (χ3v) is 6.90. The monoisotopic (exact) mass is 402 g/mol. The van der Waals surface area contributed by atoms with Crippen LogP contribution in [0.4, 0.5) is 0 Å². The number of benzene rings is 2. The Labute approximate surface area is 180 Å². The second-order valence-corrected chi connectivity index (χ2v) is 9.73. The van der Waals surface area contributed by atoms with Gasteiger partial charge in [-0.05, 0) is 76.9 Å². The molecule has 3 nitrogen and oxygen atoms in total. The van der Waals surface area contributed by atoms with Crippen LogP contribution >= 0.6 is 0 Å². The maximum atomic E-state index is 13.4. The van der Waals surface area contributed by atoms with E-state index < -0.39 is 0 Å². The van der Waals surface area contributed by atoms with E-state index in [1.165, 1.54) is 23.6 Å². The predicted molar refractivity (Wildman–Crippen MR) is 126 cm³/mol. The van der Waals surface area contributed by atoms with Crippen LogP contribution in [0.2, 0.25) is 0 Å². The van der Waals surface area contributed by atoms with Gasteiger partial charge in [0.15, 0.2) is 5.78 Å². The molecule has 1 aromatic heterocycles.